The van der Waals surface area contributed by atoms with Crippen LogP contribution in [-0.4, -0.2) is 44.2 Å². The molecule has 176 valence electrons. The number of primary amides is 1. The van der Waals surface area contributed by atoms with E-state index in [1.165, 1.54) is 16.8 Å². The van der Waals surface area contributed by atoms with Crippen LogP contribution in [0.3, 0.4) is 0 Å². The maximum atomic E-state index is 12.3. The molecular formula is C25H24N8O2. The lowest BCUT2D eigenvalue weighted by Crippen LogP contribution is -2.30. The van der Waals surface area contributed by atoms with Crippen LogP contribution >= 0.6 is 0 Å². The number of carbonyl (C=O) groups excluding carboxylic acids is 1. The first kappa shape index (κ1) is 22.2. The van der Waals surface area contributed by atoms with Gasteiger partial charge in [0.25, 0.3) is 5.91 Å². The van der Waals surface area contributed by atoms with E-state index in [9.17, 15) is 9.59 Å². The molecule has 0 saturated carbocycles. The summed E-state index contributed by atoms with van der Waals surface area (Å²) in [6.07, 6.45) is 6.67. The Morgan fingerprint density at radius 2 is 2.00 bits per heavy atom. The Balaban J connectivity index is 1.49. The highest BCUT2D eigenvalue weighted by atomic mass is 16.1. The summed E-state index contributed by atoms with van der Waals surface area (Å²) in [6.45, 7) is 3.58. The molecule has 5 heterocycles. The van der Waals surface area contributed by atoms with E-state index in [4.69, 9.17) is 11.0 Å². The molecule has 0 spiro atoms. The molecule has 1 amide bonds. The number of nitrogens with one attached hydrogen (secondary N) is 1. The molecule has 1 saturated heterocycles. The van der Waals surface area contributed by atoms with E-state index in [1.54, 1.807) is 36.1 Å². The van der Waals surface area contributed by atoms with Crippen molar-refractivity contribution in [2.24, 2.45) is 18.7 Å². The molecule has 10 nitrogen and oxygen atoms in total. The third kappa shape index (κ3) is 4.08. The van der Waals surface area contributed by atoms with Crippen molar-refractivity contribution >= 4 is 22.9 Å². The Kier molecular flexibility index (Phi) is 5.45. The van der Waals surface area contributed by atoms with Crippen LogP contribution in [0.1, 0.15) is 22.8 Å². The molecular weight excluding hydrogens is 444 g/mol. The molecule has 35 heavy (non-hydrogen) atoms. The lowest BCUT2D eigenvalue weighted by atomic mass is 10.1. The molecule has 0 aliphatic carbocycles. The number of aryl methyl sites for hydroxylation is 1. The first-order valence-electron chi connectivity index (χ1n) is 11.2. The van der Waals surface area contributed by atoms with Crippen molar-refractivity contribution in [1.29, 1.82) is 5.26 Å². The summed E-state index contributed by atoms with van der Waals surface area (Å²) in [5.74, 6) is 0.484. The van der Waals surface area contributed by atoms with Crippen LogP contribution in [0.2, 0.25) is 0 Å². The second kappa shape index (κ2) is 8.61. The first-order valence-corrected chi connectivity index (χ1v) is 11.2. The summed E-state index contributed by atoms with van der Waals surface area (Å²) in [6, 6.07) is 10.9. The first-order chi connectivity index (χ1) is 16.8. The summed E-state index contributed by atoms with van der Waals surface area (Å²) in [4.78, 5) is 30.6. The molecule has 1 aliphatic rings. The van der Waals surface area contributed by atoms with Gasteiger partial charge < -0.3 is 20.5 Å². The van der Waals surface area contributed by atoms with Crippen LogP contribution in [0.15, 0.2) is 59.9 Å². The molecule has 10 heteroatoms. The van der Waals surface area contributed by atoms with E-state index < -0.39 is 5.91 Å². The minimum atomic E-state index is -0.566. The van der Waals surface area contributed by atoms with Crippen molar-refractivity contribution in [1.82, 2.24) is 19.2 Å². The largest absolute Gasteiger partial charge is 0.378 e. The number of rotatable bonds is 5. The molecule has 0 radical (unpaired) electrons. The summed E-state index contributed by atoms with van der Waals surface area (Å²) < 4.78 is 3.22. The highest BCUT2D eigenvalue weighted by Crippen LogP contribution is 2.31. The molecule has 4 aromatic rings. The maximum absolute atomic E-state index is 12.3. The van der Waals surface area contributed by atoms with Gasteiger partial charge in [-0.15, -0.1) is 0 Å². The number of nitrogens with zero attached hydrogens (tertiary/aromatic N) is 6. The average molecular weight is 469 g/mol. The molecule has 1 fully saturated rings. The fourth-order valence-electron chi connectivity index (χ4n) is 4.48. The highest BCUT2D eigenvalue weighted by molar-refractivity contribution is 6.02. The molecule has 0 aromatic carbocycles. The van der Waals surface area contributed by atoms with Gasteiger partial charge in [-0.3, -0.25) is 9.59 Å². The summed E-state index contributed by atoms with van der Waals surface area (Å²) in [5.41, 5.74) is 9.49. The quantitative estimate of drug-likeness (QED) is 0.457. The van der Waals surface area contributed by atoms with E-state index in [1.807, 2.05) is 18.3 Å². The van der Waals surface area contributed by atoms with Crippen molar-refractivity contribution in [3.8, 4) is 17.2 Å². The van der Waals surface area contributed by atoms with Crippen molar-refractivity contribution in [3.05, 3.63) is 76.6 Å². The Morgan fingerprint density at radius 1 is 1.17 bits per heavy atom. The van der Waals surface area contributed by atoms with Gasteiger partial charge in [-0.1, -0.05) is 6.92 Å². The number of anilines is 2. The molecule has 5 rings (SSSR count). The SMILES string of the molecule is C[C@H]1CN(c2ccc(C#N)cn2)C[C@H]1Nc1c(C(N)=O)cnn2cc(-c3ccc(=O)n(C)c3)cc12. The lowest BCUT2D eigenvalue weighted by Gasteiger charge is -2.21. The smallest absolute Gasteiger partial charge is 0.252 e. The van der Waals surface area contributed by atoms with Gasteiger partial charge in [0, 0.05) is 56.4 Å². The second-order valence-electron chi connectivity index (χ2n) is 8.87. The van der Waals surface area contributed by atoms with Crippen LogP contribution in [-0.2, 0) is 7.05 Å². The van der Waals surface area contributed by atoms with E-state index >= 15 is 0 Å². The highest BCUT2D eigenvalue weighted by Gasteiger charge is 2.32. The number of amides is 1. The van der Waals surface area contributed by atoms with Crippen molar-refractivity contribution in [2.45, 2.75) is 13.0 Å². The van der Waals surface area contributed by atoms with Crippen LogP contribution in [0.4, 0.5) is 11.5 Å². The number of hydrogen-bond donors (Lipinski definition) is 2. The molecule has 3 N–H and O–H groups in total. The molecule has 0 bridgehead atoms. The van der Waals surface area contributed by atoms with Gasteiger partial charge in [0.05, 0.1) is 28.5 Å². The van der Waals surface area contributed by atoms with Gasteiger partial charge in [-0.25, -0.2) is 9.50 Å². The molecule has 4 aromatic heterocycles. The monoisotopic (exact) mass is 468 g/mol. The Labute approximate surface area is 201 Å². The average Bonchev–Trinajstić information content (AvgIpc) is 3.45. The van der Waals surface area contributed by atoms with Crippen LogP contribution < -0.4 is 21.5 Å². The number of aromatic nitrogens is 4. The van der Waals surface area contributed by atoms with Crippen LogP contribution in [0, 0.1) is 17.2 Å². The molecule has 1 aliphatic heterocycles. The molecule has 0 unspecified atom stereocenters. The topological polar surface area (TPSA) is 134 Å². The minimum absolute atomic E-state index is 0.0210. The van der Waals surface area contributed by atoms with Gasteiger partial charge in [0.15, 0.2) is 0 Å². The van der Waals surface area contributed by atoms with Gasteiger partial charge in [0.2, 0.25) is 5.56 Å². The minimum Gasteiger partial charge on any atom is -0.378 e. The summed E-state index contributed by atoms with van der Waals surface area (Å²) in [5, 5.41) is 17.0. The maximum Gasteiger partial charge on any atom is 0.252 e. The van der Waals surface area contributed by atoms with E-state index in [0.717, 1.165) is 23.5 Å². The van der Waals surface area contributed by atoms with E-state index in [0.29, 0.717) is 28.9 Å². The zero-order valence-electron chi connectivity index (χ0n) is 19.3. The van der Waals surface area contributed by atoms with Gasteiger partial charge in [-0.2, -0.15) is 10.4 Å². The zero-order valence-corrected chi connectivity index (χ0v) is 19.3. The number of fused-ring (bicyclic) bond motifs is 1. The van der Waals surface area contributed by atoms with Gasteiger partial charge in [-0.05, 0) is 35.7 Å². The van der Waals surface area contributed by atoms with Gasteiger partial charge in [0.1, 0.15) is 11.9 Å². The predicted octanol–water partition coefficient (Wildman–Crippen LogP) is 2.00. The number of nitriles is 1. The van der Waals surface area contributed by atoms with Crippen molar-refractivity contribution in [3.63, 3.8) is 0 Å². The van der Waals surface area contributed by atoms with Gasteiger partial charge >= 0.3 is 0 Å². The summed E-state index contributed by atoms with van der Waals surface area (Å²) in [7, 11) is 1.70. The number of hydrogen-bond acceptors (Lipinski definition) is 7. The molecule has 2 atom stereocenters. The second-order valence-corrected chi connectivity index (χ2v) is 8.87. The summed E-state index contributed by atoms with van der Waals surface area (Å²) >= 11 is 0. The standard InChI is InChI=1S/C25H24N8O2/c1-15-11-32(22-5-3-16(8-26)9-28-22)14-20(15)30-24-19(25(27)35)10-29-33-13-18(7-21(24)33)17-4-6-23(34)31(2)12-17/h3-7,9-10,12-13,15,20,30H,11,14H2,1-2H3,(H2,27,35)/t15-,20+/m0/s1. The Morgan fingerprint density at radius 3 is 2.69 bits per heavy atom. The fraction of sp³-hybridized carbons (Fsp3) is 0.240. The van der Waals surface area contributed by atoms with E-state index in [2.05, 4.69) is 33.3 Å². The van der Waals surface area contributed by atoms with Crippen LogP contribution in [0.5, 0.6) is 0 Å². The van der Waals surface area contributed by atoms with Crippen molar-refractivity contribution in [2.75, 3.05) is 23.3 Å². The van der Waals surface area contributed by atoms with Crippen molar-refractivity contribution < 1.29 is 4.79 Å². The third-order valence-electron chi connectivity index (χ3n) is 6.46. The van der Waals surface area contributed by atoms with Crippen LogP contribution in [0.25, 0.3) is 16.6 Å². The van der Waals surface area contributed by atoms with E-state index in [-0.39, 0.29) is 17.5 Å². The lowest BCUT2D eigenvalue weighted by molar-refractivity contribution is 0.100. The fourth-order valence-corrected chi connectivity index (χ4v) is 4.48. The Hall–Kier alpha value is -4.65. The zero-order chi connectivity index (χ0) is 24.7. The Bertz CT molecular complexity index is 1530. The number of pyridine rings is 2. The normalized spacial score (nSPS) is 17.5. The number of nitrogens with two attached hydrogens (primary N) is 1. The third-order valence-corrected chi connectivity index (χ3v) is 6.46. The predicted molar refractivity (Wildman–Crippen MR) is 132 cm³/mol. The number of carbonyl (C=O) groups is 1.